The van der Waals surface area contributed by atoms with E-state index in [0.29, 0.717) is 23.7 Å². The first-order valence-corrected chi connectivity index (χ1v) is 6.21. The van der Waals surface area contributed by atoms with Gasteiger partial charge < -0.3 is 14.2 Å². The third-order valence-electron chi connectivity index (χ3n) is 3.33. The minimum Gasteiger partial charge on any atom is -0.496 e. The highest BCUT2D eigenvalue weighted by Gasteiger charge is 2.32. The number of carbonyl (C=O) groups is 2. The maximum Gasteiger partial charge on any atom is 0.230 e. The lowest BCUT2D eigenvalue weighted by Crippen LogP contribution is -2.23. The summed E-state index contributed by atoms with van der Waals surface area (Å²) in [6.07, 6.45) is 0.574. The Balaban J connectivity index is 2.34. The fraction of sp³-hybridized carbons (Fsp3) is 0.429. The highest BCUT2D eigenvalue weighted by atomic mass is 16.5. The fourth-order valence-electron chi connectivity index (χ4n) is 2.30. The second kappa shape index (κ2) is 5.81. The molecule has 2 rings (SSSR count). The van der Waals surface area contributed by atoms with Gasteiger partial charge in [-0.2, -0.15) is 0 Å². The Hall–Kier alpha value is -2.24. The number of hydrogen-bond acceptors (Lipinski definition) is 5. The first kappa shape index (κ1) is 14.2. The summed E-state index contributed by atoms with van der Waals surface area (Å²) in [5.74, 6) is 0.871. The van der Waals surface area contributed by atoms with Crippen molar-refractivity contribution in [3.05, 3.63) is 17.7 Å². The van der Waals surface area contributed by atoms with Gasteiger partial charge in [-0.3, -0.25) is 14.9 Å². The molecule has 1 heterocycles. The predicted molar refractivity (Wildman–Crippen MR) is 71.1 cm³/mol. The third-order valence-corrected chi connectivity index (χ3v) is 3.33. The summed E-state index contributed by atoms with van der Waals surface area (Å²) in [5, 5.41) is 2.30. The van der Waals surface area contributed by atoms with Gasteiger partial charge in [-0.05, 0) is 6.42 Å². The van der Waals surface area contributed by atoms with Gasteiger partial charge in [-0.25, -0.2) is 0 Å². The smallest absolute Gasteiger partial charge is 0.230 e. The van der Waals surface area contributed by atoms with Gasteiger partial charge in [0.2, 0.25) is 11.8 Å². The molecule has 0 aliphatic carbocycles. The molecule has 0 bridgehead atoms. The molecule has 2 amide bonds. The van der Waals surface area contributed by atoms with E-state index in [1.54, 1.807) is 19.2 Å². The molecule has 1 N–H and O–H groups in total. The lowest BCUT2D eigenvalue weighted by Gasteiger charge is -2.16. The molecule has 0 aromatic heterocycles. The summed E-state index contributed by atoms with van der Waals surface area (Å²) < 4.78 is 15.8. The first-order chi connectivity index (χ1) is 9.58. The van der Waals surface area contributed by atoms with Crippen molar-refractivity contribution in [2.45, 2.75) is 12.8 Å². The normalized spacial score (nSPS) is 17.9. The molecule has 1 aromatic carbocycles. The van der Waals surface area contributed by atoms with Crippen LogP contribution in [0.5, 0.6) is 17.2 Å². The number of imide groups is 1. The van der Waals surface area contributed by atoms with Crippen molar-refractivity contribution >= 4 is 11.8 Å². The molecule has 0 saturated carbocycles. The quantitative estimate of drug-likeness (QED) is 0.811. The highest BCUT2D eigenvalue weighted by molar-refractivity contribution is 6.03. The van der Waals surface area contributed by atoms with E-state index in [0.717, 1.165) is 5.56 Å². The van der Waals surface area contributed by atoms with Crippen molar-refractivity contribution in [2.24, 2.45) is 5.92 Å². The lowest BCUT2D eigenvalue weighted by atomic mass is 9.96. The number of ether oxygens (including phenoxy) is 3. The zero-order valence-corrected chi connectivity index (χ0v) is 11.7. The summed E-state index contributed by atoms with van der Waals surface area (Å²) >= 11 is 0. The van der Waals surface area contributed by atoms with Crippen molar-refractivity contribution in [1.82, 2.24) is 5.32 Å². The van der Waals surface area contributed by atoms with E-state index >= 15 is 0 Å². The molecule has 1 fully saturated rings. The molecule has 1 aliphatic heterocycles. The number of rotatable bonds is 5. The summed E-state index contributed by atoms with van der Waals surface area (Å²) in [6, 6.07) is 3.46. The Labute approximate surface area is 117 Å². The van der Waals surface area contributed by atoms with Gasteiger partial charge >= 0.3 is 0 Å². The second-order valence-electron chi connectivity index (χ2n) is 4.53. The van der Waals surface area contributed by atoms with Gasteiger partial charge in [0, 0.05) is 24.1 Å². The van der Waals surface area contributed by atoms with E-state index < -0.39 is 5.92 Å². The van der Waals surface area contributed by atoms with Crippen molar-refractivity contribution < 1.29 is 23.8 Å². The highest BCUT2D eigenvalue weighted by Crippen LogP contribution is 2.36. The van der Waals surface area contributed by atoms with Crippen LogP contribution in [0.2, 0.25) is 0 Å². The summed E-state index contributed by atoms with van der Waals surface area (Å²) in [5.41, 5.74) is 0.755. The minimum atomic E-state index is -0.390. The zero-order chi connectivity index (χ0) is 14.7. The van der Waals surface area contributed by atoms with Crippen LogP contribution < -0.4 is 19.5 Å². The first-order valence-electron chi connectivity index (χ1n) is 6.21. The molecule has 6 heteroatoms. The van der Waals surface area contributed by atoms with Crippen LogP contribution in [0.1, 0.15) is 12.0 Å². The maximum atomic E-state index is 11.7. The average molecular weight is 279 g/mol. The molecular formula is C14H17NO5. The van der Waals surface area contributed by atoms with E-state index in [1.807, 2.05) is 0 Å². The van der Waals surface area contributed by atoms with Gasteiger partial charge in [0.25, 0.3) is 0 Å². The Morgan fingerprint density at radius 2 is 1.70 bits per heavy atom. The molecule has 6 nitrogen and oxygen atoms in total. The molecule has 1 aromatic rings. The van der Waals surface area contributed by atoms with Gasteiger partial charge in [-0.15, -0.1) is 0 Å². The van der Waals surface area contributed by atoms with E-state index in [2.05, 4.69) is 5.32 Å². The summed E-state index contributed by atoms with van der Waals surface area (Å²) in [4.78, 5) is 22.9. The predicted octanol–water partition coefficient (Wildman–Crippen LogP) is 0.918. The number of carbonyl (C=O) groups excluding carboxylic acids is 2. The zero-order valence-electron chi connectivity index (χ0n) is 11.7. The molecular weight excluding hydrogens is 262 g/mol. The van der Waals surface area contributed by atoms with Crippen LogP contribution in [0, 0.1) is 5.92 Å². The lowest BCUT2D eigenvalue weighted by molar-refractivity contribution is -0.125. The SMILES string of the molecule is COc1cc(OC)c(CC2CC(=O)NC2=O)c(OC)c1. The second-order valence-corrected chi connectivity index (χ2v) is 4.53. The van der Waals surface area contributed by atoms with Crippen LogP contribution in [-0.2, 0) is 16.0 Å². The molecule has 20 heavy (non-hydrogen) atoms. The Morgan fingerprint density at radius 3 is 2.10 bits per heavy atom. The number of methoxy groups -OCH3 is 3. The number of benzene rings is 1. The van der Waals surface area contributed by atoms with Crippen LogP contribution in [0.25, 0.3) is 0 Å². The molecule has 0 spiro atoms. The Bertz CT molecular complexity index is 515. The van der Waals surface area contributed by atoms with Gasteiger partial charge in [0.15, 0.2) is 0 Å². The van der Waals surface area contributed by atoms with Crippen LogP contribution in [0.4, 0.5) is 0 Å². The van der Waals surface area contributed by atoms with Crippen molar-refractivity contribution in [3.8, 4) is 17.2 Å². The Morgan fingerprint density at radius 1 is 1.10 bits per heavy atom. The fourth-order valence-corrected chi connectivity index (χ4v) is 2.30. The van der Waals surface area contributed by atoms with Crippen molar-refractivity contribution in [3.63, 3.8) is 0 Å². The summed E-state index contributed by atoms with van der Waals surface area (Å²) in [7, 11) is 4.63. The molecule has 1 atom stereocenters. The average Bonchev–Trinajstić information content (AvgIpc) is 2.76. The van der Waals surface area contributed by atoms with Gasteiger partial charge in [0.05, 0.1) is 27.2 Å². The Kier molecular flexibility index (Phi) is 4.12. The van der Waals surface area contributed by atoms with Crippen molar-refractivity contribution in [1.29, 1.82) is 0 Å². The van der Waals surface area contributed by atoms with E-state index in [1.165, 1.54) is 14.2 Å². The number of hydrogen-bond donors (Lipinski definition) is 1. The number of nitrogens with one attached hydrogen (secondary N) is 1. The van der Waals surface area contributed by atoms with E-state index in [4.69, 9.17) is 14.2 Å². The van der Waals surface area contributed by atoms with E-state index in [-0.39, 0.29) is 18.2 Å². The van der Waals surface area contributed by atoms with Crippen LogP contribution in [0.3, 0.4) is 0 Å². The van der Waals surface area contributed by atoms with Gasteiger partial charge in [-0.1, -0.05) is 0 Å². The molecule has 1 saturated heterocycles. The standard InChI is InChI=1S/C14H17NO5/c1-18-9-6-11(19-2)10(12(7-9)20-3)4-8-5-13(16)15-14(8)17/h6-8H,4-5H2,1-3H3,(H,15,16,17). The minimum absolute atomic E-state index is 0.192. The van der Waals surface area contributed by atoms with Crippen LogP contribution in [-0.4, -0.2) is 33.1 Å². The molecule has 0 radical (unpaired) electrons. The van der Waals surface area contributed by atoms with Crippen LogP contribution in [0.15, 0.2) is 12.1 Å². The molecule has 1 unspecified atom stereocenters. The molecule has 1 aliphatic rings. The summed E-state index contributed by atoms with van der Waals surface area (Å²) in [6.45, 7) is 0. The molecule has 108 valence electrons. The van der Waals surface area contributed by atoms with Crippen LogP contribution >= 0.6 is 0 Å². The van der Waals surface area contributed by atoms with Crippen molar-refractivity contribution in [2.75, 3.05) is 21.3 Å². The van der Waals surface area contributed by atoms with Gasteiger partial charge in [0.1, 0.15) is 17.2 Å². The topological polar surface area (TPSA) is 73.9 Å². The number of amides is 2. The maximum absolute atomic E-state index is 11.7. The largest absolute Gasteiger partial charge is 0.496 e. The monoisotopic (exact) mass is 279 g/mol. The van der Waals surface area contributed by atoms with E-state index in [9.17, 15) is 9.59 Å². The third kappa shape index (κ3) is 2.68.